The number of hydrogen-bond acceptors (Lipinski definition) is 4. The number of carbonyl (C=O) groups excluding carboxylic acids is 1. The summed E-state index contributed by atoms with van der Waals surface area (Å²) in [6.45, 7) is 8.58. The molecule has 1 aliphatic rings. The lowest BCUT2D eigenvalue weighted by Crippen LogP contribution is -2.48. The van der Waals surface area contributed by atoms with Crippen molar-refractivity contribution < 1.29 is 9.63 Å². The zero-order chi connectivity index (χ0) is 10.4. The molecule has 0 aromatic carbocycles. The Bertz CT molecular complexity index is 177. The van der Waals surface area contributed by atoms with Crippen LogP contribution in [0, 0.1) is 0 Å². The van der Waals surface area contributed by atoms with Gasteiger partial charge in [-0.3, -0.25) is 0 Å². The molecule has 0 bridgehead atoms. The van der Waals surface area contributed by atoms with Crippen molar-refractivity contribution in [3.63, 3.8) is 0 Å². The van der Waals surface area contributed by atoms with Gasteiger partial charge in [0.1, 0.15) is 0 Å². The summed E-state index contributed by atoms with van der Waals surface area (Å²) in [5.74, 6) is 0. The number of amides is 1. The van der Waals surface area contributed by atoms with Gasteiger partial charge < -0.3 is 15.1 Å². The predicted molar refractivity (Wildman–Crippen MR) is 53.8 cm³/mol. The number of nitrogens with zero attached hydrogens (tertiary/aromatic N) is 2. The van der Waals surface area contributed by atoms with Crippen molar-refractivity contribution >= 4 is 6.09 Å². The van der Waals surface area contributed by atoms with E-state index in [1.165, 1.54) is 0 Å². The van der Waals surface area contributed by atoms with Crippen LogP contribution in [-0.4, -0.2) is 55.3 Å². The normalized spacial score (nSPS) is 17.2. The fraction of sp³-hybridized carbons (Fsp3) is 0.889. The van der Waals surface area contributed by atoms with Gasteiger partial charge >= 0.3 is 6.09 Å². The van der Waals surface area contributed by atoms with E-state index >= 15 is 0 Å². The zero-order valence-corrected chi connectivity index (χ0v) is 8.95. The lowest BCUT2D eigenvalue weighted by molar-refractivity contribution is -0.106. The van der Waals surface area contributed by atoms with Crippen molar-refractivity contribution in [2.75, 3.05) is 39.3 Å². The Labute approximate surface area is 85.0 Å². The third-order valence-corrected chi connectivity index (χ3v) is 2.29. The summed E-state index contributed by atoms with van der Waals surface area (Å²) in [6.07, 6.45) is -0.227. The van der Waals surface area contributed by atoms with Gasteiger partial charge in [0.05, 0.1) is 0 Å². The number of hydroxylamine groups is 2. The quantitative estimate of drug-likeness (QED) is 0.666. The molecule has 0 aliphatic carbocycles. The first-order valence-corrected chi connectivity index (χ1v) is 5.20. The van der Waals surface area contributed by atoms with Gasteiger partial charge in [-0.05, 0) is 13.8 Å². The van der Waals surface area contributed by atoms with Crippen molar-refractivity contribution in [1.29, 1.82) is 0 Å². The van der Waals surface area contributed by atoms with Crippen LogP contribution in [0.4, 0.5) is 4.79 Å². The highest BCUT2D eigenvalue weighted by Crippen LogP contribution is 1.99. The Kier molecular flexibility index (Phi) is 4.69. The largest absolute Gasteiger partial charge is 0.429 e. The predicted octanol–water partition coefficient (Wildman–Crippen LogP) is 0.285. The van der Waals surface area contributed by atoms with E-state index in [0.29, 0.717) is 0 Å². The second kappa shape index (κ2) is 5.82. The van der Waals surface area contributed by atoms with E-state index in [0.717, 1.165) is 39.3 Å². The van der Waals surface area contributed by atoms with E-state index in [4.69, 9.17) is 4.84 Å². The molecule has 5 nitrogen and oxygen atoms in total. The van der Waals surface area contributed by atoms with Crippen LogP contribution in [0.25, 0.3) is 0 Å². The molecule has 1 aliphatic heterocycles. The maximum Gasteiger partial charge on any atom is 0.429 e. The Morgan fingerprint density at radius 2 is 1.93 bits per heavy atom. The van der Waals surface area contributed by atoms with Crippen molar-refractivity contribution in [1.82, 2.24) is 15.3 Å². The molecule has 1 amide bonds. The number of hydrogen-bond donors (Lipinski definition) is 1. The van der Waals surface area contributed by atoms with Crippen LogP contribution in [0.5, 0.6) is 0 Å². The maximum absolute atomic E-state index is 11.6. The van der Waals surface area contributed by atoms with Crippen LogP contribution in [0.1, 0.15) is 13.8 Å². The van der Waals surface area contributed by atoms with E-state index in [1.807, 2.05) is 13.8 Å². The summed E-state index contributed by atoms with van der Waals surface area (Å²) < 4.78 is 0. The first-order chi connectivity index (χ1) is 6.77. The first-order valence-electron chi connectivity index (χ1n) is 5.20. The van der Waals surface area contributed by atoms with Crippen LogP contribution >= 0.6 is 0 Å². The van der Waals surface area contributed by atoms with Gasteiger partial charge in [-0.1, -0.05) is 0 Å². The topological polar surface area (TPSA) is 44.8 Å². The molecule has 1 N–H and O–H groups in total. The molecule has 14 heavy (non-hydrogen) atoms. The zero-order valence-electron chi connectivity index (χ0n) is 8.95. The summed E-state index contributed by atoms with van der Waals surface area (Å²) in [5.41, 5.74) is 0. The monoisotopic (exact) mass is 201 g/mol. The van der Waals surface area contributed by atoms with E-state index in [-0.39, 0.29) is 6.09 Å². The fourth-order valence-corrected chi connectivity index (χ4v) is 1.37. The minimum Gasteiger partial charge on any atom is -0.351 e. The molecule has 0 aromatic heterocycles. The van der Waals surface area contributed by atoms with E-state index in [1.54, 1.807) is 9.96 Å². The SMILES string of the molecule is CCN(CC)OC(=O)N1CCNCC1. The molecule has 1 heterocycles. The van der Waals surface area contributed by atoms with Gasteiger partial charge in [0.25, 0.3) is 0 Å². The molecule has 0 unspecified atom stereocenters. The van der Waals surface area contributed by atoms with Gasteiger partial charge in [-0.15, -0.1) is 5.06 Å². The molecule has 0 atom stereocenters. The molecule has 5 heteroatoms. The van der Waals surface area contributed by atoms with Crippen molar-refractivity contribution in [2.24, 2.45) is 0 Å². The van der Waals surface area contributed by atoms with E-state index in [2.05, 4.69) is 5.32 Å². The fourth-order valence-electron chi connectivity index (χ4n) is 1.37. The summed E-state index contributed by atoms with van der Waals surface area (Å²) in [5, 5.41) is 4.84. The highest BCUT2D eigenvalue weighted by atomic mass is 16.7. The van der Waals surface area contributed by atoms with Crippen LogP contribution in [0.2, 0.25) is 0 Å². The molecule has 1 fully saturated rings. The Morgan fingerprint density at radius 3 is 2.43 bits per heavy atom. The first kappa shape index (κ1) is 11.3. The molecule has 1 rings (SSSR count). The lowest BCUT2D eigenvalue weighted by atomic mass is 10.4. The minimum atomic E-state index is -0.227. The number of carbonyl (C=O) groups is 1. The molecule has 0 radical (unpaired) electrons. The van der Waals surface area contributed by atoms with Gasteiger partial charge in [0, 0.05) is 39.3 Å². The highest BCUT2D eigenvalue weighted by Gasteiger charge is 2.19. The second-order valence-electron chi connectivity index (χ2n) is 3.21. The van der Waals surface area contributed by atoms with Gasteiger partial charge in [0.15, 0.2) is 0 Å². The van der Waals surface area contributed by atoms with Crippen molar-refractivity contribution in [2.45, 2.75) is 13.8 Å². The van der Waals surface area contributed by atoms with Gasteiger partial charge in [-0.25, -0.2) is 4.79 Å². The third kappa shape index (κ3) is 3.16. The summed E-state index contributed by atoms with van der Waals surface area (Å²) in [6, 6.07) is 0. The summed E-state index contributed by atoms with van der Waals surface area (Å²) >= 11 is 0. The third-order valence-electron chi connectivity index (χ3n) is 2.29. The molecular weight excluding hydrogens is 182 g/mol. The Hall–Kier alpha value is -0.810. The summed E-state index contributed by atoms with van der Waals surface area (Å²) in [7, 11) is 0. The van der Waals surface area contributed by atoms with E-state index in [9.17, 15) is 4.79 Å². The summed E-state index contributed by atoms with van der Waals surface area (Å²) in [4.78, 5) is 18.5. The second-order valence-corrected chi connectivity index (χ2v) is 3.21. The Balaban J connectivity index is 2.32. The maximum atomic E-state index is 11.6. The van der Waals surface area contributed by atoms with E-state index < -0.39 is 0 Å². The smallest absolute Gasteiger partial charge is 0.351 e. The minimum absolute atomic E-state index is 0.227. The van der Waals surface area contributed by atoms with Crippen molar-refractivity contribution in [3.8, 4) is 0 Å². The Morgan fingerprint density at radius 1 is 1.36 bits per heavy atom. The lowest BCUT2D eigenvalue weighted by Gasteiger charge is -2.28. The molecule has 1 saturated heterocycles. The van der Waals surface area contributed by atoms with Gasteiger partial charge in [0.2, 0.25) is 0 Å². The highest BCUT2D eigenvalue weighted by molar-refractivity contribution is 5.67. The van der Waals surface area contributed by atoms with Gasteiger partial charge in [-0.2, -0.15) is 0 Å². The van der Waals surface area contributed by atoms with Crippen molar-refractivity contribution in [3.05, 3.63) is 0 Å². The van der Waals surface area contributed by atoms with Crippen LogP contribution in [0.15, 0.2) is 0 Å². The number of piperazine rings is 1. The molecule has 0 aromatic rings. The molecule has 0 spiro atoms. The van der Waals surface area contributed by atoms with Crippen LogP contribution in [0.3, 0.4) is 0 Å². The number of nitrogens with one attached hydrogen (secondary N) is 1. The van der Waals surface area contributed by atoms with Crippen LogP contribution < -0.4 is 5.32 Å². The number of rotatable bonds is 3. The molecule has 82 valence electrons. The average molecular weight is 201 g/mol. The van der Waals surface area contributed by atoms with Crippen LogP contribution in [-0.2, 0) is 4.84 Å². The molecule has 0 saturated carbocycles. The average Bonchev–Trinajstić information content (AvgIpc) is 2.26. The molecular formula is C9H19N3O2. The standard InChI is InChI=1S/C9H19N3O2/c1-3-12(4-2)14-9(13)11-7-5-10-6-8-11/h10H,3-8H2,1-2H3.